The first kappa shape index (κ1) is 10.0. The summed E-state index contributed by atoms with van der Waals surface area (Å²) in [5.41, 5.74) is 0. The van der Waals surface area contributed by atoms with Crippen LogP contribution in [-0.4, -0.2) is 0 Å². The van der Waals surface area contributed by atoms with E-state index in [4.69, 9.17) is 4.74 Å². The molecule has 3 aromatic rings. The van der Waals surface area contributed by atoms with E-state index in [2.05, 4.69) is 42.5 Å². The van der Waals surface area contributed by atoms with Crippen LogP contribution in [0.1, 0.15) is 0 Å². The summed E-state index contributed by atoms with van der Waals surface area (Å²) in [5.74, 6) is 1.91. The summed E-state index contributed by atoms with van der Waals surface area (Å²) in [6.45, 7) is 0. The fraction of sp³-hybridized carbons (Fsp3) is 0. The highest BCUT2D eigenvalue weighted by Crippen LogP contribution is 2.47. The molecule has 0 saturated heterocycles. The van der Waals surface area contributed by atoms with Crippen LogP contribution in [-0.2, 0) is 0 Å². The van der Waals surface area contributed by atoms with Gasteiger partial charge in [0.15, 0.2) is 0 Å². The molecule has 1 aliphatic rings. The van der Waals surface area contributed by atoms with Crippen LogP contribution in [0.3, 0.4) is 0 Å². The van der Waals surface area contributed by atoms with Crippen molar-refractivity contribution in [3.05, 3.63) is 60.7 Å². The molecule has 86 valence electrons. The van der Waals surface area contributed by atoms with Crippen molar-refractivity contribution >= 4 is 22.5 Å². The van der Waals surface area contributed by atoms with Gasteiger partial charge in [0.1, 0.15) is 11.5 Å². The predicted octanol–water partition coefficient (Wildman–Crippen LogP) is 5.10. The van der Waals surface area contributed by atoms with E-state index in [0.717, 1.165) is 11.5 Å². The van der Waals surface area contributed by atoms with Crippen molar-refractivity contribution in [1.29, 1.82) is 0 Å². The van der Waals surface area contributed by atoms with Crippen molar-refractivity contribution in [2.24, 2.45) is 0 Å². The maximum atomic E-state index is 5.96. The van der Waals surface area contributed by atoms with E-state index in [1.165, 1.54) is 20.6 Å². The Bertz CT molecular complexity index is 685. The molecule has 1 aliphatic heterocycles. The van der Waals surface area contributed by atoms with Crippen LogP contribution in [0.15, 0.2) is 70.5 Å². The third kappa shape index (κ3) is 1.50. The monoisotopic (exact) mass is 250 g/mol. The van der Waals surface area contributed by atoms with Gasteiger partial charge in [0, 0.05) is 0 Å². The smallest absolute Gasteiger partial charge is 0.142 e. The van der Waals surface area contributed by atoms with Crippen molar-refractivity contribution in [3.8, 4) is 11.5 Å². The molecule has 0 amide bonds. The van der Waals surface area contributed by atoms with Gasteiger partial charge in [-0.25, -0.2) is 0 Å². The molecule has 0 aliphatic carbocycles. The number of hydrogen-bond donors (Lipinski definition) is 0. The van der Waals surface area contributed by atoms with Gasteiger partial charge in [0.05, 0.1) is 9.79 Å². The fourth-order valence-corrected chi connectivity index (χ4v) is 3.19. The third-order valence-corrected chi connectivity index (χ3v) is 4.20. The summed E-state index contributed by atoms with van der Waals surface area (Å²) in [5, 5.41) is 2.47. The molecular formula is C16H10OS. The van der Waals surface area contributed by atoms with E-state index in [-0.39, 0.29) is 0 Å². The van der Waals surface area contributed by atoms with Gasteiger partial charge in [-0.15, -0.1) is 0 Å². The van der Waals surface area contributed by atoms with Crippen LogP contribution in [0.2, 0.25) is 0 Å². The van der Waals surface area contributed by atoms with Gasteiger partial charge in [0.25, 0.3) is 0 Å². The van der Waals surface area contributed by atoms with Gasteiger partial charge in [0.2, 0.25) is 0 Å². The molecule has 1 heterocycles. The van der Waals surface area contributed by atoms with Crippen molar-refractivity contribution in [2.45, 2.75) is 9.79 Å². The Balaban J connectivity index is 1.92. The van der Waals surface area contributed by atoms with Gasteiger partial charge in [-0.1, -0.05) is 48.2 Å². The van der Waals surface area contributed by atoms with E-state index >= 15 is 0 Å². The minimum atomic E-state index is 0.949. The van der Waals surface area contributed by atoms with Crippen molar-refractivity contribution in [3.63, 3.8) is 0 Å². The highest BCUT2D eigenvalue weighted by molar-refractivity contribution is 7.99. The normalized spacial score (nSPS) is 12.7. The Kier molecular flexibility index (Phi) is 2.11. The number of ether oxygens (including phenoxy) is 1. The quantitative estimate of drug-likeness (QED) is 0.429. The lowest BCUT2D eigenvalue weighted by Crippen LogP contribution is -1.94. The second kappa shape index (κ2) is 3.79. The molecule has 0 unspecified atom stereocenters. The molecule has 0 radical (unpaired) electrons. The van der Waals surface area contributed by atoms with E-state index < -0.39 is 0 Å². The van der Waals surface area contributed by atoms with Crippen molar-refractivity contribution in [2.75, 3.05) is 0 Å². The first-order valence-electron chi connectivity index (χ1n) is 5.88. The summed E-state index contributed by atoms with van der Waals surface area (Å²) in [4.78, 5) is 2.37. The standard InChI is InChI=1S/C16H10OS/c1-2-6-12-10-16-14(9-11(12)5-1)17-13-7-3-4-8-15(13)18-16/h1-10H. The number of benzene rings is 3. The van der Waals surface area contributed by atoms with E-state index in [9.17, 15) is 0 Å². The average Bonchev–Trinajstić information content (AvgIpc) is 2.42. The van der Waals surface area contributed by atoms with Gasteiger partial charge in [-0.05, 0) is 35.0 Å². The van der Waals surface area contributed by atoms with Crippen LogP contribution in [0.5, 0.6) is 11.5 Å². The van der Waals surface area contributed by atoms with E-state index in [0.29, 0.717) is 0 Å². The Morgan fingerprint density at radius 2 is 1.39 bits per heavy atom. The first-order valence-corrected chi connectivity index (χ1v) is 6.69. The Morgan fingerprint density at radius 1 is 0.667 bits per heavy atom. The molecule has 0 atom stereocenters. The lowest BCUT2D eigenvalue weighted by Gasteiger charge is -2.19. The average molecular weight is 250 g/mol. The molecule has 4 rings (SSSR count). The molecule has 3 aromatic carbocycles. The lowest BCUT2D eigenvalue weighted by molar-refractivity contribution is 0.455. The molecule has 0 fully saturated rings. The van der Waals surface area contributed by atoms with E-state index in [1.807, 2.05) is 18.2 Å². The van der Waals surface area contributed by atoms with Gasteiger partial charge >= 0.3 is 0 Å². The molecule has 2 heteroatoms. The molecule has 0 bridgehead atoms. The van der Waals surface area contributed by atoms with Crippen LogP contribution >= 0.6 is 11.8 Å². The zero-order valence-electron chi connectivity index (χ0n) is 9.59. The lowest BCUT2D eigenvalue weighted by atomic mass is 10.1. The van der Waals surface area contributed by atoms with Gasteiger partial charge < -0.3 is 4.74 Å². The Morgan fingerprint density at radius 3 is 2.28 bits per heavy atom. The summed E-state index contributed by atoms with van der Waals surface area (Å²) >= 11 is 1.77. The maximum absolute atomic E-state index is 5.96. The van der Waals surface area contributed by atoms with Crippen LogP contribution < -0.4 is 4.74 Å². The topological polar surface area (TPSA) is 9.23 Å². The summed E-state index contributed by atoms with van der Waals surface area (Å²) < 4.78 is 5.96. The second-order valence-electron chi connectivity index (χ2n) is 4.30. The maximum Gasteiger partial charge on any atom is 0.142 e. The van der Waals surface area contributed by atoms with Crippen LogP contribution in [0, 0.1) is 0 Å². The Labute approximate surface area is 109 Å². The van der Waals surface area contributed by atoms with Crippen molar-refractivity contribution in [1.82, 2.24) is 0 Å². The minimum absolute atomic E-state index is 0.949. The van der Waals surface area contributed by atoms with Gasteiger partial charge in [-0.2, -0.15) is 0 Å². The highest BCUT2D eigenvalue weighted by Gasteiger charge is 2.17. The van der Waals surface area contributed by atoms with E-state index in [1.54, 1.807) is 11.8 Å². The predicted molar refractivity (Wildman–Crippen MR) is 74.6 cm³/mol. The Hall–Kier alpha value is -1.93. The molecule has 18 heavy (non-hydrogen) atoms. The number of para-hydroxylation sites is 1. The molecule has 0 N–H and O–H groups in total. The number of rotatable bonds is 0. The minimum Gasteiger partial charge on any atom is -0.455 e. The molecule has 0 aromatic heterocycles. The summed E-state index contributed by atoms with van der Waals surface area (Å²) in [7, 11) is 0. The van der Waals surface area contributed by atoms with Crippen molar-refractivity contribution < 1.29 is 4.74 Å². The molecule has 0 saturated carbocycles. The first-order chi connectivity index (χ1) is 8.90. The number of hydrogen-bond acceptors (Lipinski definition) is 2. The van der Waals surface area contributed by atoms with Crippen LogP contribution in [0.25, 0.3) is 10.8 Å². The summed E-state index contributed by atoms with van der Waals surface area (Å²) in [6.07, 6.45) is 0. The van der Waals surface area contributed by atoms with Gasteiger partial charge in [-0.3, -0.25) is 0 Å². The molecule has 1 nitrogen and oxygen atoms in total. The highest BCUT2D eigenvalue weighted by atomic mass is 32.2. The van der Waals surface area contributed by atoms with Crippen LogP contribution in [0.4, 0.5) is 0 Å². The molecular weight excluding hydrogens is 240 g/mol. The number of fused-ring (bicyclic) bond motifs is 3. The summed E-state index contributed by atoms with van der Waals surface area (Å²) in [6, 6.07) is 20.8. The SMILES string of the molecule is c1ccc2c(c1)Oc1cc3ccccc3cc1S2. The third-order valence-electron chi connectivity index (χ3n) is 3.10. The fourth-order valence-electron chi connectivity index (χ4n) is 2.21. The molecule has 0 spiro atoms. The zero-order valence-corrected chi connectivity index (χ0v) is 10.4. The second-order valence-corrected chi connectivity index (χ2v) is 5.38. The zero-order chi connectivity index (χ0) is 11.9. The largest absolute Gasteiger partial charge is 0.455 e.